The maximum Gasteiger partial charge on any atom is 0.311 e. The van der Waals surface area contributed by atoms with E-state index in [4.69, 9.17) is 32.1 Å². The van der Waals surface area contributed by atoms with Gasteiger partial charge in [0.1, 0.15) is 11.5 Å². The zero-order chi connectivity index (χ0) is 37.5. The van der Waals surface area contributed by atoms with E-state index in [0.717, 1.165) is 116 Å². The minimum absolute atomic E-state index is 0.00578. The van der Waals surface area contributed by atoms with Gasteiger partial charge in [-0.3, -0.25) is 0 Å². The highest BCUT2D eigenvalue weighted by atomic mass is 32.3. The van der Waals surface area contributed by atoms with Crippen molar-refractivity contribution < 1.29 is 48.9 Å². The van der Waals surface area contributed by atoms with Crippen molar-refractivity contribution in [2.75, 3.05) is 39.6 Å². The molecule has 2 aromatic rings. The van der Waals surface area contributed by atoms with Crippen LogP contribution in [0.2, 0.25) is 0 Å². The van der Waals surface area contributed by atoms with E-state index in [0.29, 0.717) is 24.7 Å². The van der Waals surface area contributed by atoms with Gasteiger partial charge in [0.25, 0.3) is 0 Å². The van der Waals surface area contributed by atoms with Gasteiger partial charge in [0.15, 0.2) is 12.6 Å². The Morgan fingerprint density at radius 2 is 0.792 bits per heavy atom. The van der Waals surface area contributed by atoms with Crippen LogP contribution in [0.15, 0.2) is 58.3 Å². The third-order valence-electron chi connectivity index (χ3n) is 9.40. The van der Waals surface area contributed by atoms with Crippen molar-refractivity contribution in [3.63, 3.8) is 0 Å². The molecule has 4 rings (SSSR count). The second-order valence-corrected chi connectivity index (χ2v) is 17.2. The Morgan fingerprint density at radius 1 is 0.453 bits per heavy atom. The van der Waals surface area contributed by atoms with E-state index < -0.39 is 20.2 Å². The first-order chi connectivity index (χ1) is 25.8. The minimum Gasteiger partial charge on any atom is -0.494 e. The molecule has 2 aliphatic rings. The number of hydrogen-bond acceptors (Lipinski definition) is 11. The molecule has 2 heterocycles. The second kappa shape index (κ2) is 25.0. The Morgan fingerprint density at radius 3 is 1.13 bits per heavy atom. The number of hydrogen-bond donors (Lipinski definition) is 0. The minimum atomic E-state index is -4.58. The highest BCUT2D eigenvalue weighted by Crippen LogP contribution is 2.25. The first-order valence-electron chi connectivity index (χ1n) is 20.0. The lowest BCUT2D eigenvalue weighted by Gasteiger charge is -2.22. The summed E-state index contributed by atoms with van der Waals surface area (Å²) in [6.07, 6.45) is 21.9. The Balaban J connectivity index is 1.02. The molecule has 0 aromatic heterocycles. The van der Waals surface area contributed by atoms with Gasteiger partial charge in [-0.15, -0.1) is 3.63 Å². The van der Waals surface area contributed by atoms with Crippen LogP contribution >= 0.6 is 0 Å². The Bertz CT molecular complexity index is 1340. The van der Waals surface area contributed by atoms with Crippen LogP contribution in [0.3, 0.4) is 0 Å². The van der Waals surface area contributed by atoms with Gasteiger partial charge in [-0.1, -0.05) is 64.2 Å². The Hall–Kier alpha value is -2.26. The maximum atomic E-state index is 12.8. The molecule has 2 unspecified atom stereocenters. The van der Waals surface area contributed by atoms with E-state index in [9.17, 15) is 16.8 Å². The predicted molar refractivity (Wildman–Crippen MR) is 203 cm³/mol. The van der Waals surface area contributed by atoms with E-state index in [1.165, 1.54) is 87.1 Å². The fourth-order valence-corrected chi connectivity index (χ4v) is 8.78. The lowest BCUT2D eigenvalue weighted by Crippen LogP contribution is -2.22. The maximum absolute atomic E-state index is 12.8. The fraction of sp³-hybridized carbons (Fsp3) is 0.700. The molecule has 300 valence electrons. The number of unbranched alkanes of at least 4 members (excludes halogenated alkanes) is 12. The average Bonchev–Trinajstić information content (AvgIpc) is 3.17. The molecule has 0 radical (unpaired) electrons. The van der Waals surface area contributed by atoms with Crippen LogP contribution in [0.4, 0.5) is 0 Å². The van der Waals surface area contributed by atoms with Crippen LogP contribution in [0, 0.1) is 0 Å². The molecule has 2 fully saturated rings. The summed E-state index contributed by atoms with van der Waals surface area (Å²) < 4.78 is 90.1. The van der Waals surface area contributed by atoms with Gasteiger partial charge in [-0.05, 0) is 113 Å². The number of ether oxygens (including phenoxy) is 6. The summed E-state index contributed by atoms with van der Waals surface area (Å²) in [6.45, 7) is 4.18. The van der Waals surface area contributed by atoms with Crippen LogP contribution in [0.5, 0.6) is 11.5 Å². The first-order valence-corrected chi connectivity index (χ1v) is 22.8. The van der Waals surface area contributed by atoms with Crippen LogP contribution in [0.25, 0.3) is 0 Å². The van der Waals surface area contributed by atoms with Crippen molar-refractivity contribution in [2.45, 2.75) is 151 Å². The van der Waals surface area contributed by atoms with Crippen molar-refractivity contribution in [2.24, 2.45) is 0 Å². The van der Waals surface area contributed by atoms with Gasteiger partial charge in [0, 0.05) is 26.4 Å². The Labute approximate surface area is 318 Å². The van der Waals surface area contributed by atoms with Crippen LogP contribution in [0.1, 0.15) is 128 Å². The summed E-state index contributed by atoms with van der Waals surface area (Å²) in [4.78, 5) is -0.548. The monoisotopic (exact) mass is 782 g/mol. The molecule has 0 amide bonds. The van der Waals surface area contributed by atoms with Crippen molar-refractivity contribution in [3.05, 3.63) is 48.5 Å². The van der Waals surface area contributed by atoms with E-state index in [2.05, 4.69) is 0 Å². The molecule has 13 heteroatoms. The molecule has 0 aliphatic carbocycles. The van der Waals surface area contributed by atoms with Gasteiger partial charge in [-0.2, -0.15) is 16.8 Å². The van der Waals surface area contributed by atoms with E-state index in [-0.39, 0.29) is 22.4 Å². The van der Waals surface area contributed by atoms with E-state index >= 15 is 0 Å². The summed E-state index contributed by atoms with van der Waals surface area (Å²) in [6, 6.07) is 11.1. The quantitative estimate of drug-likeness (QED) is 0.0766. The average molecular weight is 783 g/mol. The van der Waals surface area contributed by atoms with Gasteiger partial charge < -0.3 is 28.4 Å². The van der Waals surface area contributed by atoms with Crippen molar-refractivity contribution in [1.82, 2.24) is 0 Å². The lowest BCUT2D eigenvalue weighted by molar-refractivity contribution is -0.163. The molecule has 0 N–H and O–H groups in total. The highest BCUT2D eigenvalue weighted by Gasteiger charge is 2.27. The van der Waals surface area contributed by atoms with Crippen molar-refractivity contribution >= 4 is 20.2 Å². The molecule has 2 atom stereocenters. The van der Waals surface area contributed by atoms with E-state index in [1.54, 1.807) is 0 Å². The molecule has 0 bridgehead atoms. The standard InChI is InChI=1S/C40H62O11S2/c41-52(42,37-25-21-35(22-26-37)45-29-13-7-3-1-5-9-15-31-47-39-19-11-17-33-49-39)51-53(43,44)38-27-23-36(24-28-38)46-30-14-8-4-2-6-10-16-32-48-40-20-12-18-34-50-40/h21-28,39-40H,1-20,29-34H2. The zero-order valence-corrected chi connectivity index (χ0v) is 33.1. The first kappa shape index (κ1) is 43.5. The third-order valence-corrected chi connectivity index (χ3v) is 12.5. The SMILES string of the molecule is O=S(=O)(OS(=O)(=O)c1ccc(OCCCCCCCCCOC2CCCCO2)cc1)c1ccc(OCCCCCCCCCOC2CCCCO2)cc1. The number of rotatable bonds is 28. The van der Waals surface area contributed by atoms with Crippen molar-refractivity contribution in [3.8, 4) is 11.5 Å². The normalized spacial score (nSPS) is 18.2. The summed E-state index contributed by atoms with van der Waals surface area (Å²) in [5.74, 6) is 1.01. The molecule has 2 aliphatic heterocycles. The molecular formula is C40H62O11S2. The predicted octanol–water partition coefficient (Wildman–Crippen LogP) is 9.09. The molecular weight excluding hydrogens is 721 g/mol. The molecule has 0 saturated carbocycles. The van der Waals surface area contributed by atoms with Crippen LogP contribution < -0.4 is 9.47 Å². The lowest BCUT2D eigenvalue weighted by atomic mass is 10.1. The Kier molecular flexibility index (Phi) is 20.5. The largest absolute Gasteiger partial charge is 0.494 e. The molecule has 0 spiro atoms. The second-order valence-electron chi connectivity index (χ2n) is 13.9. The molecule has 2 aromatic carbocycles. The summed E-state index contributed by atoms with van der Waals surface area (Å²) >= 11 is 0. The van der Waals surface area contributed by atoms with Gasteiger partial charge in [-0.25, -0.2) is 0 Å². The van der Waals surface area contributed by atoms with Crippen LogP contribution in [-0.4, -0.2) is 69.1 Å². The molecule has 2 saturated heterocycles. The topological polar surface area (TPSA) is 133 Å². The van der Waals surface area contributed by atoms with Gasteiger partial charge >= 0.3 is 20.2 Å². The number of benzene rings is 2. The van der Waals surface area contributed by atoms with E-state index in [1.807, 2.05) is 0 Å². The fourth-order valence-electron chi connectivity index (χ4n) is 6.27. The summed E-state index contributed by atoms with van der Waals surface area (Å²) in [5, 5.41) is 0. The van der Waals surface area contributed by atoms with Gasteiger partial charge in [0.05, 0.1) is 23.0 Å². The van der Waals surface area contributed by atoms with Crippen LogP contribution in [-0.2, 0) is 42.8 Å². The molecule has 53 heavy (non-hydrogen) atoms. The molecule has 11 nitrogen and oxygen atoms in total. The highest BCUT2D eigenvalue weighted by molar-refractivity contribution is 7.99. The van der Waals surface area contributed by atoms with Gasteiger partial charge in [0.2, 0.25) is 0 Å². The smallest absolute Gasteiger partial charge is 0.311 e. The summed E-state index contributed by atoms with van der Waals surface area (Å²) in [5.41, 5.74) is 0. The van der Waals surface area contributed by atoms with Crippen molar-refractivity contribution in [1.29, 1.82) is 0 Å². The third kappa shape index (κ3) is 17.8. The zero-order valence-electron chi connectivity index (χ0n) is 31.5. The summed E-state index contributed by atoms with van der Waals surface area (Å²) in [7, 11) is -9.16.